The molecule has 0 radical (unpaired) electrons. The SMILES string of the molecule is CCCNCc1ccc(N2CCSC(C)(C)CC2)cc1C. The zero-order valence-corrected chi connectivity index (χ0v) is 14.9. The van der Waals surface area contributed by atoms with E-state index in [1.54, 1.807) is 0 Å². The molecule has 118 valence electrons. The smallest absolute Gasteiger partial charge is 0.0369 e. The molecule has 3 heteroatoms. The van der Waals surface area contributed by atoms with Gasteiger partial charge in [0.1, 0.15) is 0 Å². The molecule has 21 heavy (non-hydrogen) atoms. The van der Waals surface area contributed by atoms with Crippen LogP contribution in [0.1, 0.15) is 44.7 Å². The first-order valence-corrected chi connectivity index (χ1v) is 9.19. The van der Waals surface area contributed by atoms with Crippen LogP contribution in [0.3, 0.4) is 0 Å². The van der Waals surface area contributed by atoms with Crippen molar-refractivity contribution in [1.29, 1.82) is 0 Å². The van der Waals surface area contributed by atoms with E-state index in [1.165, 1.54) is 48.5 Å². The Bertz CT molecular complexity index is 457. The molecule has 0 spiro atoms. The lowest BCUT2D eigenvalue weighted by Crippen LogP contribution is -2.27. The number of hydrogen-bond donors (Lipinski definition) is 1. The molecule has 2 rings (SSSR count). The Kier molecular flexibility index (Phi) is 6.00. The molecule has 1 fully saturated rings. The van der Waals surface area contributed by atoms with Crippen molar-refractivity contribution in [2.24, 2.45) is 0 Å². The van der Waals surface area contributed by atoms with E-state index in [1.807, 2.05) is 0 Å². The average molecular weight is 307 g/mol. The second kappa shape index (κ2) is 7.55. The van der Waals surface area contributed by atoms with Gasteiger partial charge in [-0.1, -0.05) is 26.8 Å². The largest absolute Gasteiger partial charge is 0.371 e. The molecule has 0 amide bonds. The van der Waals surface area contributed by atoms with Crippen LogP contribution in [-0.4, -0.2) is 30.1 Å². The first kappa shape index (κ1) is 16.7. The molecule has 0 saturated carbocycles. The number of rotatable bonds is 5. The molecule has 1 aromatic rings. The molecule has 1 aliphatic rings. The molecule has 1 heterocycles. The van der Waals surface area contributed by atoms with E-state index in [9.17, 15) is 0 Å². The van der Waals surface area contributed by atoms with Gasteiger partial charge in [0.2, 0.25) is 0 Å². The van der Waals surface area contributed by atoms with E-state index in [2.05, 4.69) is 67.9 Å². The van der Waals surface area contributed by atoms with Crippen molar-refractivity contribution in [2.45, 2.75) is 51.8 Å². The summed E-state index contributed by atoms with van der Waals surface area (Å²) >= 11 is 2.11. The predicted octanol–water partition coefficient (Wildman–Crippen LogP) is 4.22. The second-order valence-electron chi connectivity index (χ2n) is 6.63. The van der Waals surface area contributed by atoms with Gasteiger partial charge in [-0.25, -0.2) is 0 Å². The van der Waals surface area contributed by atoms with Crippen LogP contribution in [0.15, 0.2) is 18.2 Å². The first-order valence-electron chi connectivity index (χ1n) is 8.21. The Morgan fingerprint density at radius 3 is 2.81 bits per heavy atom. The minimum atomic E-state index is 0.424. The Hall–Kier alpha value is -0.670. The monoisotopic (exact) mass is 306 g/mol. The van der Waals surface area contributed by atoms with Crippen molar-refractivity contribution < 1.29 is 0 Å². The summed E-state index contributed by atoms with van der Waals surface area (Å²) in [6.07, 6.45) is 2.45. The summed E-state index contributed by atoms with van der Waals surface area (Å²) in [7, 11) is 0. The molecular formula is C18H30N2S. The lowest BCUT2D eigenvalue weighted by atomic mass is 10.1. The van der Waals surface area contributed by atoms with Crippen LogP contribution < -0.4 is 10.2 Å². The normalized spacial score (nSPS) is 18.6. The predicted molar refractivity (Wildman–Crippen MR) is 96.5 cm³/mol. The third-order valence-corrected chi connectivity index (χ3v) is 5.64. The fraction of sp³-hybridized carbons (Fsp3) is 0.667. The van der Waals surface area contributed by atoms with Gasteiger partial charge in [-0.15, -0.1) is 0 Å². The second-order valence-corrected chi connectivity index (χ2v) is 8.43. The Morgan fingerprint density at radius 2 is 2.10 bits per heavy atom. The van der Waals surface area contributed by atoms with Gasteiger partial charge in [0, 0.05) is 35.8 Å². The van der Waals surface area contributed by atoms with Crippen LogP contribution in [-0.2, 0) is 6.54 Å². The third kappa shape index (κ3) is 4.93. The summed E-state index contributed by atoms with van der Waals surface area (Å²) < 4.78 is 0.424. The Labute approximate surface area is 134 Å². The number of nitrogens with one attached hydrogen (secondary N) is 1. The molecule has 0 aromatic heterocycles. The number of thioether (sulfide) groups is 1. The van der Waals surface area contributed by atoms with E-state index >= 15 is 0 Å². The molecule has 0 unspecified atom stereocenters. The highest BCUT2D eigenvalue weighted by atomic mass is 32.2. The molecule has 2 nitrogen and oxygen atoms in total. The molecule has 0 bridgehead atoms. The minimum Gasteiger partial charge on any atom is -0.371 e. The quantitative estimate of drug-likeness (QED) is 0.820. The van der Waals surface area contributed by atoms with Crippen LogP contribution in [0.4, 0.5) is 5.69 Å². The van der Waals surface area contributed by atoms with Gasteiger partial charge in [0.25, 0.3) is 0 Å². The maximum absolute atomic E-state index is 3.50. The summed E-state index contributed by atoms with van der Waals surface area (Å²) in [5.41, 5.74) is 4.23. The lowest BCUT2D eigenvalue weighted by molar-refractivity contribution is 0.637. The van der Waals surface area contributed by atoms with Crippen molar-refractivity contribution in [3.63, 3.8) is 0 Å². The van der Waals surface area contributed by atoms with Crippen LogP contribution in [0.5, 0.6) is 0 Å². The van der Waals surface area contributed by atoms with Crippen molar-refractivity contribution in [2.75, 3.05) is 30.3 Å². The average Bonchev–Trinajstić information content (AvgIpc) is 2.62. The number of aryl methyl sites for hydroxylation is 1. The highest BCUT2D eigenvalue weighted by Crippen LogP contribution is 2.32. The summed E-state index contributed by atoms with van der Waals surface area (Å²) in [5, 5.41) is 3.50. The molecular weight excluding hydrogens is 276 g/mol. The number of anilines is 1. The summed E-state index contributed by atoms with van der Waals surface area (Å²) in [6.45, 7) is 13.6. The molecule has 1 aliphatic heterocycles. The van der Waals surface area contributed by atoms with Crippen molar-refractivity contribution in [3.05, 3.63) is 29.3 Å². The first-order chi connectivity index (χ1) is 10.0. The maximum Gasteiger partial charge on any atom is 0.0369 e. The Balaban J connectivity index is 2.02. The summed E-state index contributed by atoms with van der Waals surface area (Å²) in [5.74, 6) is 1.23. The van der Waals surface area contributed by atoms with Gasteiger partial charge >= 0.3 is 0 Å². The van der Waals surface area contributed by atoms with Gasteiger partial charge < -0.3 is 10.2 Å². The lowest BCUT2D eigenvalue weighted by Gasteiger charge is -2.25. The van der Waals surface area contributed by atoms with Crippen LogP contribution in [0, 0.1) is 6.92 Å². The summed E-state index contributed by atoms with van der Waals surface area (Å²) in [4.78, 5) is 2.55. The molecule has 0 atom stereocenters. The van der Waals surface area contributed by atoms with E-state index < -0.39 is 0 Å². The highest BCUT2D eigenvalue weighted by Gasteiger charge is 2.23. The number of benzene rings is 1. The van der Waals surface area contributed by atoms with E-state index in [0.29, 0.717) is 4.75 Å². The topological polar surface area (TPSA) is 15.3 Å². The van der Waals surface area contributed by atoms with Crippen molar-refractivity contribution >= 4 is 17.4 Å². The number of nitrogens with zero attached hydrogens (tertiary/aromatic N) is 1. The molecule has 0 aliphatic carbocycles. The van der Waals surface area contributed by atoms with Gasteiger partial charge in [0.15, 0.2) is 0 Å². The zero-order chi connectivity index (χ0) is 15.3. The maximum atomic E-state index is 3.50. The highest BCUT2D eigenvalue weighted by molar-refractivity contribution is 8.00. The fourth-order valence-corrected chi connectivity index (χ4v) is 3.85. The molecule has 1 saturated heterocycles. The van der Waals surface area contributed by atoms with E-state index in [0.717, 1.165) is 13.1 Å². The zero-order valence-electron chi connectivity index (χ0n) is 14.0. The summed E-state index contributed by atoms with van der Waals surface area (Å²) in [6, 6.07) is 6.97. The van der Waals surface area contributed by atoms with Crippen molar-refractivity contribution in [1.82, 2.24) is 5.32 Å². The Morgan fingerprint density at radius 1 is 1.29 bits per heavy atom. The minimum absolute atomic E-state index is 0.424. The fourth-order valence-electron chi connectivity index (χ4n) is 2.75. The number of hydrogen-bond acceptors (Lipinski definition) is 3. The standard InChI is InChI=1S/C18H30N2S/c1-5-9-19-14-16-6-7-17(13-15(16)2)20-10-8-18(3,4)21-12-11-20/h6-7,13,19H,5,8-12,14H2,1-4H3. The van der Waals surface area contributed by atoms with Gasteiger partial charge in [-0.2, -0.15) is 11.8 Å². The van der Waals surface area contributed by atoms with Crippen LogP contribution in [0.25, 0.3) is 0 Å². The molecule has 1 N–H and O–H groups in total. The van der Waals surface area contributed by atoms with Crippen LogP contribution in [0.2, 0.25) is 0 Å². The van der Waals surface area contributed by atoms with Gasteiger partial charge in [-0.05, 0) is 49.6 Å². The van der Waals surface area contributed by atoms with Gasteiger partial charge in [-0.3, -0.25) is 0 Å². The van der Waals surface area contributed by atoms with E-state index in [4.69, 9.17) is 0 Å². The van der Waals surface area contributed by atoms with E-state index in [-0.39, 0.29) is 0 Å². The molecule has 1 aromatic carbocycles. The third-order valence-electron chi connectivity index (χ3n) is 4.27. The van der Waals surface area contributed by atoms with Gasteiger partial charge in [0.05, 0.1) is 0 Å². The van der Waals surface area contributed by atoms with Crippen molar-refractivity contribution in [3.8, 4) is 0 Å². The van der Waals surface area contributed by atoms with Crippen LogP contribution >= 0.6 is 11.8 Å².